The Morgan fingerprint density at radius 1 is 1.00 bits per heavy atom. The fourth-order valence-electron chi connectivity index (χ4n) is 4.12. The van der Waals surface area contributed by atoms with Crippen molar-refractivity contribution in [2.75, 3.05) is 0 Å². The Hall–Kier alpha value is -3.61. The van der Waals surface area contributed by atoms with Gasteiger partial charge in [0.25, 0.3) is 11.5 Å². The van der Waals surface area contributed by atoms with Gasteiger partial charge in [0.1, 0.15) is 5.69 Å². The van der Waals surface area contributed by atoms with Crippen LogP contribution in [-0.4, -0.2) is 25.7 Å². The van der Waals surface area contributed by atoms with Gasteiger partial charge in [0.15, 0.2) is 0 Å². The lowest BCUT2D eigenvalue weighted by molar-refractivity contribution is 0.0945. The minimum Gasteiger partial charge on any atom is -0.345 e. The first kappa shape index (κ1) is 18.4. The summed E-state index contributed by atoms with van der Waals surface area (Å²) in [5, 5.41) is 8.94. The number of benzene rings is 2. The third-order valence-corrected chi connectivity index (χ3v) is 5.67. The van der Waals surface area contributed by atoms with Gasteiger partial charge in [-0.1, -0.05) is 43.2 Å². The molecule has 7 nitrogen and oxygen atoms in total. The third kappa shape index (κ3) is 3.32. The minimum atomic E-state index is -0.322. The number of aromatic nitrogens is 4. The Kier molecular flexibility index (Phi) is 4.71. The van der Waals surface area contributed by atoms with Crippen molar-refractivity contribution in [2.45, 2.75) is 38.3 Å². The van der Waals surface area contributed by atoms with Crippen LogP contribution in [0.3, 0.4) is 0 Å². The fraction of sp³-hybridized carbons (Fsp3) is 0.261. The van der Waals surface area contributed by atoms with Gasteiger partial charge < -0.3 is 5.32 Å². The molecule has 30 heavy (non-hydrogen) atoms. The Labute approximate surface area is 172 Å². The van der Waals surface area contributed by atoms with Crippen LogP contribution in [0.15, 0.2) is 59.5 Å². The average Bonchev–Trinajstić information content (AvgIpc) is 3.33. The van der Waals surface area contributed by atoms with Crippen LogP contribution in [0.4, 0.5) is 0 Å². The van der Waals surface area contributed by atoms with Crippen LogP contribution >= 0.6 is 0 Å². The summed E-state index contributed by atoms with van der Waals surface area (Å²) in [4.78, 5) is 34.3. The summed E-state index contributed by atoms with van der Waals surface area (Å²) in [7, 11) is 0. The molecule has 1 fully saturated rings. The summed E-state index contributed by atoms with van der Waals surface area (Å²) in [6.45, 7) is 0.209. The van der Waals surface area contributed by atoms with Crippen molar-refractivity contribution in [3.8, 4) is 0 Å². The first-order valence-corrected chi connectivity index (χ1v) is 10.2. The van der Waals surface area contributed by atoms with Crippen LogP contribution in [0, 0.1) is 0 Å². The summed E-state index contributed by atoms with van der Waals surface area (Å²) in [5.41, 5.74) is 2.28. The molecule has 1 aliphatic carbocycles. The summed E-state index contributed by atoms with van der Waals surface area (Å²) >= 11 is 0. The van der Waals surface area contributed by atoms with Gasteiger partial charge in [-0.25, -0.2) is 9.67 Å². The number of amides is 1. The number of hydrogen-bond acceptors (Lipinski definition) is 5. The quantitative estimate of drug-likeness (QED) is 0.568. The molecular formula is C23H21N5O2. The summed E-state index contributed by atoms with van der Waals surface area (Å²) in [6, 6.07) is 15.0. The second-order valence-electron chi connectivity index (χ2n) is 7.61. The predicted octanol–water partition coefficient (Wildman–Crippen LogP) is 3.38. The van der Waals surface area contributed by atoms with Gasteiger partial charge in [-0.2, -0.15) is 5.10 Å². The molecule has 7 heteroatoms. The van der Waals surface area contributed by atoms with E-state index in [2.05, 4.69) is 20.4 Å². The lowest BCUT2D eigenvalue weighted by atomic mass is 10.1. The van der Waals surface area contributed by atoms with Crippen LogP contribution < -0.4 is 10.9 Å². The Balaban J connectivity index is 1.46. The number of para-hydroxylation sites is 2. The largest absolute Gasteiger partial charge is 0.345 e. The van der Waals surface area contributed by atoms with E-state index in [0.717, 1.165) is 36.6 Å². The molecular weight excluding hydrogens is 378 g/mol. The number of nitrogens with one attached hydrogen (secondary N) is 1. The van der Waals surface area contributed by atoms with Crippen molar-refractivity contribution in [1.82, 2.24) is 25.1 Å². The molecule has 1 saturated carbocycles. The van der Waals surface area contributed by atoms with Gasteiger partial charge in [0.2, 0.25) is 0 Å². The van der Waals surface area contributed by atoms with Gasteiger partial charge in [0, 0.05) is 5.39 Å². The van der Waals surface area contributed by atoms with Crippen molar-refractivity contribution in [3.05, 3.63) is 76.5 Å². The molecule has 1 aliphatic rings. The van der Waals surface area contributed by atoms with E-state index >= 15 is 0 Å². The van der Waals surface area contributed by atoms with E-state index in [1.165, 1.54) is 6.20 Å². The van der Waals surface area contributed by atoms with Crippen molar-refractivity contribution in [2.24, 2.45) is 0 Å². The van der Waals surface area contributed by atoms with E-state index < -0.39 is 0 Å². The molecule has 0 unspecified atom stereocenters. The maximum Gasteiger partial charge on any atom is 0.274 e. The molecule has 150 valence electrons. The number of carbonyl (C=O) groups is 1. The highest BCUT2D eigenvalue weighted by Crippen LogP contribution is 2.28. The molecule has 2 aromatic carbocycles. The highest BCUT2D eigenvalue weighted by Gasteiger charge is 2.21. The van der Waals surface area contributed by atoms with Gasteiger partial charge in [-0.3, -0.25) is 14.6 Å². The van der Waals surface area contributed by atoms with E-state index in [9.17, 15) is 9.59 Å². The third-order valence-electron chi connectivity index (χ3n) is 5.67. The average molecular weight is 399 g/mol. The summed E-state index contributed by atoms with van der Waals surface area (Å²) in [6.07, 6.45) is 5.62. The molecule has 0 radical (unpaired) electrons. The zero-order valence-electron chi connectivity index (χ0n) is 16.4. The molecule has 2 heterocycles. The Morgan fingerprint density at radius 3 is 2.50 bits per heavy atom. The highest BCUT2D eigenvalue weighted by atomic mass is 16.2. The van der Waals surface area contributed by atoms with Gasteiger partial charge in [0.05, 0.1) is 40.9 Å². The van der Waals surface area contributed by atoms with E-state index in [1.807, 2.05) is 48.5 Å². The first-order chi connectivity index (χ1) is 14.7. The SMILES string of the molecule is O=C(NCc1nn(C2CCCC2)c(=O)c2ccccc12)c1cnc2ccccc2n1. The van der Waals surface area contributed by atoms with Gasteiger partial charge >= 0.3 is 0 Å². The Bertz CT molecular complexity index is 1310. The topological polar surface area (TPSA) is 89.8 Å². The predicted molar refractivity (Wildman–Crippen MR) is 114 cm³/mol. The van der Waals surface area contributed by atoms with Crippen molar-refractivity contribution >= 4 is 27.7 Å². The molecule has 0 bridgehead atoms. The maximum absolute atomic E-state index is 12.9. The second-order valence-corrected chi connectivity index (χ2v) is 7.61. The number of carbonyl (C=O) groups excluding carboxylic acids is 1. The lowest BCUT2D eigenvalue weighted by Gasteiger charge is -2.16. The number of nitrogens with zero attached hydrogens (tertiary/aromatic N) is 4. The molecule has 4 aromatic rings. The monoisotopic (exact) mass is 399 g/mol. The standard InChI is InChI=1S/C23H21N5O2/c29-22(21-14-24-18-11-5-6-12-19(18)26-21)25-13-20-16-9-3-4-10-17(16)23(30)28(27-20)15-7-1-2-8-15/h3-6,9-12,14-15H,1-2,7-8,13H2,(H,25,29). The van der Waals surface area contributed by atoms with Crippen LogP contribution in [-0.2, 0) is 6.54 Å². The normalized spacial score (nSPS) is 14.4. The van der Waals surface area contributed by atoms with Crippen LogP contribution in [0.25, 0.3) is 21.8 Å². The van der Waals surface area contributed by atoms with Gasteiger partial charge in [-0.05, 0) is 31.0 Å². The van der Waals surface area contributed by atoms with E-state index in [0.29, 0.717) is 16.6 Å². The molecule has 0 saturated heterocycles. The van der Waals surface area contributed by atoms with Crippen molar-refractivity contribution in [1.29, 1.82) is 0 Å². The number of fused-ring (bicyclic) bond motifs is 2. The van der Waals surface area contributed by atoms with E-state index in [1.54, 1.807) is 4.68 Å². The molecule has 2 aromatic heterocycles. The fourth-order valence-corrected chi connectivity index (χ4v) is 4.12. The highest BCUT2D eigenvalue weighted by molar-refractivity contribution is 5.94. The Morgan fingerprint density at radius 2 is 1.70 bits per heavy atom. The molecule has 0 aliphatic heterocycles. The zero-order chi connectivity index (χ0) is 20.5. The molecule has 5 rings (SSSR count). The van der Waals surface area contributed by atoms with Crippen LogP contribution in [0.5, 0.6) is 0 Å². The van der Waals surface area contributed by atoms with Gasteiger partial charge in [-0.15, -0.1) is 0 Å². The smallest absolute Gasteiger partial charge is 0.274 e. The zero-order valence-corrected chi connectivity index (χ0v) is 16.4. The molecule has 0 spiro atoms. The van der Waals surface area contributed by atoms with Crippen molar-refractivity contribution in [3.63, 3.8) is 0 Å². The maximum atomic E-state index is 12.9. The molecule has 1 N–H and O–H groups in total. The van der Waals surface area contributed by atoms with E-state index in [-0.39, 0.29) is 29.7 Å². The lowest BCUT2D eigenvalue weighted by Crippen LogP contribution is -2.30. The number of hydrogen-bond donors (Lipinski definition) is 1. The molecule has 1 amide bonds. The van der Waals surface area contributed by atoms with Crippen LogP contribution in [0.1, 0.15) is 47.9 Å². The van der Waals surface area contributed by atoms with E-state index in [4.69, 9.17) is 0 Å². The molecule has 0 atom stereocenters. The van der Waals surface area contributed by atoms with Crippen molar-refractivity contribution < 1.29 is 4.79 Å². The summed E-state index contributed by atoms with van der Waals surface area (Å²) < 4.78 is 1.62. The second kappa shape index (κ2) is 7.67. The minimum absolute atomic E-state index is 0.0621. The van der Waals surface area contributed by atoms with Crippen LogP contribution in [0.2, 0.25) is 0 Å². The first-order valence-electron chi connectivity index (χ1n) is 10.2. The number of rotatable bonds is 4. The summed E-state index contributed by atoms with van der Waals surface area (Å²) in [5.74, 6) is -0.322.